The van der Waals surface area contributed by atoms with Crippen LogP contribution in [-0.4, -0.2) is 55.9 Å². The zero-order valence-electron chi connectivity index (χ0n) is 21.3. The predicted octanol–water partition coefficient (Wildman–Crippen LogP) is 4.75. The van der Waals surface area contributed by atoms with Crippen LogP contribution in [0.15, 0.2) is 30.5 Å². The lowest BCUT2D eigenvalue weighted by Gasteiger charge is -2.17. The molecule has 0 aliphatic heterocycles. The number of nitrogens with zero attached hydrogens (tertiary/aromatic N) is 4. The highest BCUT2D eigenvalue weighted by molar-refractivity contribution is 7.92. The molecule has 4 rings (SSSR count). The Morgan fingerprint density at radius 3 is 2.58 bits per heavy atom. The quantitative estimate of drug-likeness (QED) is 0.271. The lowest BCUT2D eigenvalue weighted by molar-refractivity contribution is 0.0861. The van der Waals surface area contributed by atoms with Crippen LogP contribution in [-0.2, 0) is 21.5 Å². The number of hydrogen-bond acceptors (Lipinski definition) is 7. The van der Waals surface area contributed by atoms with Gasteiger partial charge in [0.05, 0.1) is 23.3 Å². The van der Waals surface area contributed by atoms with Crippen molar-refractivity contribution in [2.24, 2.45) is 0 Å². The first-order valence-corrected chi connectivity index (χ1v) is 17.5. The van der Waals surface area contributed by atoms with Crippen LogP contribution >= 0.6 is 0 Å². The van der Waals surface area contributed by atoms with Crippen LogP contribution in [0.4, 0.5) is 16.0 Å². The summed E-state index contributed by atoms with van der Waals surface area (Å²) >= 11 is 0. The highest BCUT2D eigenvalue weighted by atomic mass is 32.2. The second-order valence-corrected chi connectivity index (χ2v) is 17.6. The molecular weight excluding hydrogens is 499 g/mol. The van der Waals surface area contributed by atoms with Crippen LogP contribution in [0.1, 0.15) is 24.6 Å². The van der Waals surface area contributed by atoms with E-state index in [1.807, 2.05) is 4.57 Å². The molecule has 0 radical (unpaired) electrons. The summed E-state index contributed by atoms with van der Waals surface area (Å²) in [4.78, 5) is 13.7. The number of imidazole rings is 1. The fourth-order valence-corrected chi connectivity index (χ4v) is 5.15. The molecule has 1 saturated carbocycles. The van der Waals surface area contributed by atoms with Gasteiger partial charge in [0.1, 0.15) is 18.2 Å². The van der Waals surface area contributed by atoms with Gasteiger partial charge in [-0.1, -0.05) is 25.7 Å². The largest absolute Gasteiger partial charge is 0.361 e. The summed E-state index contributed by atoms with van der Waals surface area (Å²) in [5.74, 6) is 0.799. The van der Waals surface area contributed by atoms with E-state index >= 15 is 4.39 Å². The van der Waals surface area contributed by atoms with E-state index in [1.54, 1.807) is 31.4 Å². The van der Waals surface area contributed by atoms with E-state index in [-0.39, 0.29) is 23.9 Å². The molecule has 36 heavy (non-hydrogen) atoms. The minimum Gasteiger partial charge on any atom is -0.361 e. The Labute approximate surface area is 212 Å². The second kappa shape index (κ2) is 10.3. The van der Waals surface area contributed by atoms with Crippen LogP contribution in [0.25, 0.3) is 22.6 Å². The topological polar surface area (TPSA) is 111 Å². The molecule has 9 nitrogen and oxygen atoms in total. The number of nitrogens with one attached hydrogen (secondary N) is 2. The molecule has 0 bridgehead atoms. The molecule has 1 fully saturated rings. The van der Waals surface area contributed by atoms with E-state index in [1.165, 1.54) is 6.07 Å². The third-order valence-corrected chi connectivity index (χ3v) is 8.12. The number of rotatable bonds is 11. The Morgan fingerprint density at radius 2 is 1.94 bits per heavy atom. The zero-order chi connectivity index (χ0) is 26.1. The summed E-state index contributed by atoms with van der Waals surface area (Å²) in [5.41, 5.74) is 1.62. The molecular formula is C24H33FN6O3SSi. The first-order chi connectivity index (χ1) is 17.0. The Bertz CT molecular complexity index is 1350. The van der Waals surface area contributed by atoms with Crippen LogP contribution in [0.2, 0.25) is 25.7 Å². The smallest absolute Gasteiger partial charge is 0.229 e. The zero-order valence-corrected chi connectivity index (χ0v) is 23.1. The normalized spacial score (nSPS) is 14.2. The number of benzene rings is 1. The number of anilines is 2. The highest BCUT2D eigenvalue weighted by Gasteiger charge is 2.33. The molecule has 0 amide bonds. The summed E-state index contributed by atoms with van der Waals surface area (Å²) in [7, 11) is -3.21. The van der Waals surface area contributed by atoms with Crippen LogP contribution < -0.4 is 10.0 Å². The molecule has 1 aromatic carbocycles. The summed E-state index contributed by atoms with van der Waals surface area (Å²) < 4.78 is 49.6. The van der Waals surface area contributed by atoms with Crippen LogP contribution in [0.5, 0.6) is 0 Å². The monoisotopic (exact) mass is 532 g/mol. The standard InChI is InChI=1S/C24H33FN6O3SSi/c1-26-24-27-12-11-19(28-24)22-21(17-7-6-8-18(20(17)25)30-35(2,32)33)29-23(16-9-10-16)31(22)15-34-13-14-36(3,4)5/h6-8,11-12,16,30H,9-10,13-15H2,1-5H3,(H,26,27,28). The third-order valence-electron chi connectivity index (χ3n) is 5.83. The van der Waals surface area contributed by atoms with E-state index in [4.69, 9.17) is 9.72 Å². The Balaban J connectivity index is 1.85. The third kappa shape index (κ3) is 6.29. The molecule has 2 N–H and O–H groups in total. The minimum absolute atomic E-state index is 0.131. The van der Waals surface area contributed by atoms with Crippen molar-refractivity contribution in [1.82, 2.24) is 19.5 Å². The van der Waals surface area contributed by atoms with Crippen LogP contribution in [0.3, 0.4) is 0 Å². The van der Waals surface area contributed by atoms with Crippen molar-refractivity contribution in [3.05, 3.63) is 42.1 Å². The van der Waals surface area contributed by atoms with Crippen molar-refractivity contribution in [2.45, 2.75) is 51.2 Å². The van der Waals surface area contributed by atoms with E-state index in [0.29, 0.717) is 29.6 Å². The van der Waals surface area contributed by atoms with Gasteiger partial charge in [0, 0.05) is 39.4 Å². The van der Waals surface area contributed by atoms with Crippen molar-refractivity contribution < 1.29 is 17.5 Å². The van der Waals surface area contributed by atoms with Gasteiger partial charge >= 0.3 is 0 Å². The molecule has 1 aliphatic rings. The minimum atomic E-state index is -3.66. The fourth-order valence-electron chi connectivity index (χ4n) is 3.84. The van der Waals surface area contributed by atoms with Crippen LogP contribution in [0, 0.1) is 5.82 Å². The number of ether oxygens (including phenoxy) is 1. The molecule has 2 heterocycles. The van der Waals surface area contributed by atoms with E-state index in [2.05, 4.69) is 39.6 Å². The first kappa shape index (κ1) is 26.2. The van der Waals surface area contributed by atoms with E-state index in [0.717, 1.165) is 31.0 Å². The maximum absolute atomic E-state index is 15.7. The van der Waals surface area contributed by atoms with Gasteiger partial charge in [-0.3, -0.25) is 4.72 Å². The molecule has 0 unspecified atom stereocenters. The van der Waals surface area contributed by atoms with Gasteiger partial charge in [-0.25, -0.2) is 27.8 Å². The molecule has 0 saturated heterocycles. The summed E-state index contributed by atoms with van der Waals surface area (Å²) in [6.45, 7) is 7.79. The summed E-state index contributed by atoms with van der Waals surface area (Å²) in [6, 6.07) is 7.37. The molecule has 2 aromatic heterocycles. The van der Waals surface area contributed by atoms with Crippen molar-refractivity contribution in [2.75, 3.05) is 29.9 Å². The van der Waals surface area contributed by atoms with Gasteiger partial charge in [-0.05, 0) is 37.1 Å². The number of halogens is 1. The first-order valence-electron chi connectivity index (χ1n) is 11.9. The van der Waals surface area contributed by atoms with E-state index in [9.17, 15) is 8.42 Å². The van der Waals surface area contributed by atoms with E-state index < -0.39 is 23.9 Å². The number of aromatic nitrogens is 4. The molecule has 1 aliphatic carbocycles. The van der Waals surface area contributed by atoms with Gasteiger partial charge < -0.3 is 14.6 Å². The fraction of sp³-hybridized carbons (Fsp3) is 0.458. The average molecular weight is 533 g/mol. The average Bonchev–Trinajstić information content (AvgIpc) is 3.57. The maximum atomic E-state index is 15.7. The number of hydrogen-bond donors (Lipinski definition) is 2. The van der Waals surface area contributed by atoms with Crippen molar-refractivity contribution in [3.63, 3.8) is 0 Å². The maximum Gasteiger partial charge on any atom is 0.229 e. The Kier molecular flexibility index (Phi) is 7.48. The number of sulfonamides is 1. The SMILES string of the molecule is CNc1nccc(-c2c(-c3cccc(NS(C)(=O)=O)c3F)nc(C3CC3)n2COCC[Si](C)(C)C)n1. The summed E-state index contributed by atoms with van der Waals surface area (Å²) in [5, 5.41) is 2.94. The lowest BCUT2D eigenvalue weighted by Crippen LogP contribution is -2.22. The van der Waals surface area contributed by atoms with Gasteiger partial charge in [-0.2, -0.15) is 0 Å². The Hall–Kier alpha value is -2.83. The second-order valence-electron chi connectivity index (χ2n) is 10.3. The highest BCUT2D eigenvalue weighted by Crippen LogP contribution is 2.44. The van der Waals surface area contributed by atoms with Crippen molar-refractivity contribution in [1.29, 1.82) is 0 Å². The molecule has 194 valence electrons. The van der Waals surface area contributed by atoms with Crippen molar-refractivity contribution >= 4 is 29.7 Å². The summed E-state index contributed by atoms with van der Waals surface area (Å²) in [6.07, 6.45) is 4.61. The van der Waals surface area contributed by atoms with Crippen molar-refractivity contribution in [3.8, 4) is 22.6 Å². The Morgan fingerprint density at radius 1 is 1.19 bits per heavy atom. The molecule has 12 heteroatoms. The molecule has 0 atom stereocenters. The lowest BCUT2D eigenvalue weighted by atomic mass is 10.1. The van der Waals surface area contributed by atoms with Gasteiger partial charge in [0.2, 0.25) is 16.0 Å². The van der Waals surface area contributed by atoms with Gasteiger partial charge in [0.25, 0.3) is 0 Å². The van der Waals surface area contributed by atoms with Gasteiger partial charge in [-0.15, -0.1) is 0 Å². The molecule has 3 aromatic rings. The molecule has 0 spiro atoms. The predicted molar refractivity (Wildman–Crippen MR) is 143 cm³/mol. The van der Waals surface area contributed by atoms with Gasteiger partial charge in [0.15, 0.2) is 5.82 Å².